The predicted octanol–water partition coefficient (Wildman–Crippen LogP) is 5.62. The molecule has 1 atom stereocenters. The molecule has 2 heterocycles. The highest BCUT2D eigenvalue weighted by molar-refractivity contribution is 5.79. The summed E-state index contributed by atoms with van der Waals surface area (Å²) >= 11 is 0. The Bertz CT molecular complexity index is 1030. The Kier molecular flexibility index (Phi) is 8.38. The van der Waals surface area contributed by atoms with Crippen LogP contribution >= 0.6 is 0 Å². The molecule has 0 aromatic heterocycles. The number of benzene rings is 2. The van der Waals surface area contributed by atoms with Gasteiger partial charge in [0.15, 0.2) is 11.5 Å². The van der Waals surface area contributed by atoms with Gasteiger partial charge in [0.2, 0.25) is 5.91 Å². The van der Waals surface area contributed by atoms with Crippen LogP contribution in [0.5, 0.6) is 11.5 Å². The monoisotopic (exact) mass is 478 g/mol. The van der Waals surface area contributed by atoms with Crippen LogP contribution in [0.25, 0.3) is 0 Å². The average molecular weight is 479 g/mol. The third-order valence-corrected chi connectivity index (χ3v) is 7.32. The third kappa shape index (κ3) is 6.58. The molecular formula is C30H42N2O3. The second kappa shape index (κ2) is 11.5. The number of fused-ring (bicyclic) bond motifs is 1. The minimum absolute atomic E-state index is 0.0189. The van der Waals surface area contributed by atoms with Crippen LogP contribution in [0.2, 0.25) is 0 Å². The smallest absolute Gasteiger partial charge is 0.227 e. The van der Waals surface area contributed by atoms with Crippen molar-refractivity contribution in [2.24, 2.45) is 11.8 Å². The Morgan fingerprint density at radius 2 is 2.00 bits per heavy atom. The van der Waals surface area contributed by atoms with Gasteiger partial charge in [-0.15, -0.1) is 0 Å². The van der Waals surface area contributed by atoms with E-state index < -0.39 is 0 Å². The van der Waals surface area contributed by atoms with Gasteiger partial charge in [-0.05, 0) is 86.7 Å². The quantitative estimate of drug-likeness (QED) is 0.561. The predicted molar refractivity (Wildman–Crippen MR) is 141 cm³/mol. The number of hydrogen-bond acceptors (Lipinski definition) is 4. The number of amides is 1. The number of aryl methyl sites for hydroxylation is 3. The van der Waals surface area contributed by atoms with Crippen LogP contribution < -0.4 is 4.74 Å². The van der Waals surface area contributed by atoms with E-state index in [9.17, 15) is 9.90 Å². The number of phenolic OH excluding ortho intramolecular Hbond substituents is 1. The van der Waals surface area contributed by atoms with E-state index in [4.69, 9.17) is 4.74 Å². The Morgan fingerprint density at radius 1 is 1.17 bits per heavy atom. The Morgan fingerprint density at radius 3 is 2.80 bits per heavy atom. The lowest BCUT2D eigenvalue weighted by Crippen LogP contribution is -2.45. The van der Waals surface area contributed by atoms with Crippen molar-refractivity contribution in [3.63, 3.8) is 0 Å². The molecule has 5 nitrogen and oxygen atoms in total. The zero-order valence-electron chi connectivity index (χ0n) is 22.0. The second-order valence-corrected chi connectivity index (χ2v) is 11.0. The van der Waals surface area contributed by atoms with E-state index in [-0.39, 0.29) is 17.6 Å². The summed E-state index contributed by atoms with van der Waals surface area (Å²) in [5.41, 5.74) is 6.01. The molecule has 4 rings (SSSR count). The van der Waals surface area contributed by atoms with E-state index in [1.54, 1.807) is 6.07 Å². The molecule has 35 heavy (non-hydrogen) atoms. The lowest BCUT2D eigenvalue weighted by atomic mass is 9.94. The van der Waals surface area contributed by atoms with Crippen LogP contribution in [0.1, 0.15) is 67.3 Å². The van der Waals surface area contributed by atoms with Crippen molar-refractivity contribution >= 4 is 5.91 Å². The number of nitrogens with zero attached hydrogens (tertiary/aromatic N) is 2. The van der Waals surface area contributed by atoms with Gasteiger partial charge in [0, 0.05) is 26.2 Å². The van der Waals surface area contributed by atoms with Crippen molar-refractivity contribution < 1.29 is 14.6 Å². The highest BCUT2D eigenvalue weighted by Gasteiger charge is 2.30. The summed E-state index contributed by atoms with van der Waals surface area (Å²) in [5.74, 6) is 1.47. The van der Waals surface area contributed by atoms with Crippen molar-refractivity contribution in [2.45, 2.75) is 72.9 Å². The number of likely N-dealkylation sites (tertiary alicyclic amines) is 1. The largest absolute Gasteiger partial charge is 0.504 e. The number of phenols is 1. The normalized spacial score (nSPS) is 18.6. The number of rotatable bonds is 7. The molecule has 5 heteroatoms. The molecule has 2 aliphatic heterocycles. The van der Waals surface area contributed by atoms with Crippen LogP contribution in [-0.2, 0) is 24.3 Å². The van der Waals surface area contributed by atoms with Crippen LogP contribution in [0, 0.1) is 25.7 Å². The minimum atomic E-state index is 0.0189. The van der Waals surface area contributed by atoms with Crippen LogP contribution in [0.4, 0.5) is 0 Å². The van der Waals surface area contributed by atoms with Gasteiger partial charge >= 0.3 is 0 Å². The van der Waals surface area contributed by atoms with Gasteiger partial charge in [0.25, 0.3) is 0 Å². The minimum Gasteiger partial charge on any atom is -0.504 e. The Hall–Kier alpha value is -2.53. The summed E-state index contributed by atoms with van der Waals surface area (Å²) in [6, 6.07) is 10.6. The summed E-state index contributed by atoms with van der Waals surface area (Å²) in [4.78, 5) is 18.3. The van der Waals surface area contributed by atoms with Crippen molar-refractivity contribution in [3.05, 3.63) is 58.1 Å². The summed E-state index contributed by atoms with van der Waals surface area (Å²) in [6.45, 7) is 13.3. The molecule has 2 aliphatic rings. The van der Waals surface area contributed by atoms with E-state index in [1.807, 2.05) is 4.90 Å². The maximum absolute atomic E-state index is 13.8. The molecular weight excluding hydrogens is 436 g/mol. The number of piperidine rings is 1. The van der Waals surface area contributed by atoms with Gasteiger partial charge < -0.3 is 14.7 Å². The highest BCUT2D eigenvalue weighted by Crippen LogP contribution is 2.35. The summed E-state index contributed by atoms with van der Waals surface area (Å²) in [7, 11) is 0. The van der Waals surface area contributed by atoms with Crippen LogP contribution in [0.3, 0.4) is 0 Å². The molecule has 0 spiro atoms. The van der Waals surface area contributed by atoms with E-state index >= 15 is 0 Å². The van der Waals surface area contributed by atoms with E-state index in [2.05, 4.69) is 56.9 Å². The van der Waals surface area contributed by atoms with Gasteiger partial charge in [-0.1, -0.05) is 43.7 Å². The first kappa shape index (κ1) is 25.6. The van der Waals surface area contributed by atoms with Crippen molar-refractivity contribution in [2.75, 3.05) is 26.2 Å². The summed E-state index contributed by atoms with van der Waals surface area (Å²) in [5, 5.41) is 10.6. The molecule has 1 unspecified atom stereocenters. The molecule has 2 aromatic carbocycles. The summed E-state index contributed by atoms with van der Waals surface area (Å²) < 4.78 is 5.79. The molecule has 190 valence electrons. The van der Waals surface area contributed by atoms with Gasteiger partial charge in [-0.3, -0.25) is 9.69 Å². The first-order chi connectivity index (χ1) is 16.8. The van der Waals surface area contributed by atoms with E-state index in [0.29, 0.717) is 24.8 Å². The van der Waals surface area contributed by atoms with Gasteiger partial charge in [-0.2, -0.15) is 0 Å². The molecule has 2 aromatic rings. The third-order valence-electron chi connectivity index (χ3n) is 7.32. The molecule has 0 aliphatic carbocycles. The van der Waals surface area contributed by atoms with Gasteiger partial charge in [0.05, 0.1) is 12.5 Å². The highest BCUT2D eigenvalue weighted by atomic mass is 16.5. The molecule has 1 fully saturated rings. The first-order valence-corrected chi connectivity index (χ1v) is 13.3. The van der Waals surface area contributed by atoms with E-state index in [0.717, 1.165) is 69.4 Å². The van der Waals surface area contributed by atoms with Gasteiger partial charge in [0.1, 0.15) is 0 Å². The first-order valence-electron chi connectivity index (χ1n) is 13.3. The van der Waals surface area contributed by atoms with E-state index in [1.165, 1.54) is 16.7 Å². The molecule has 0 saturated carbocycles. The number of carbonyl (C=O) groups is 1. The van der Waals surface area contributed by atoms with Crippen LogP contribution in [0.15, 0.2) is 30.3 Å². The lowest BCUT2D eigenvalue weighted by Gasteiger charge is -2.36. The number of aromatic hydroxyl groups is 1. The zero-order valence-corrected chi connectivity index (χ0v) is 22.0. The van der Waals surface area contributed by atoms with Crippen molar-refractivity contribution in [3.8, 4) is 11.5 Å². The molecule has 1 N–H and O–H groups in total. The fourth-order valence-electron chi connectivity index (χ4n) is 5.54. The lowest BCUT2D eigenvalue weighted by molar-refractivity contribution is -0.138. The SMILES string of the molecule is Cc1ccc(C)c(CN2CCCC(C(=O)N(Cc3cc(O)c4c(c3)CCCCO4)CC(C)C)C2)c1. The Labute approximate surface area is 211 Å². The maximum Gasteiger partial charge on any atom is 0.227 e. The maximum atomic E-state index is 13.8. The van der Waals surface area contributed by atoms with Gasteiger partial charge in [-0.25, -0.2) is 0 Å². The van der Waals surface area contributed by atoms with Crippen molar-refractivity contribution in [1.82, 2.24) is 9.80 Å². The van der Waals surface area contributed by atoms with Crippen LogP contribution in [-0.4, -0.2) is 47.1 Å². The fourth-order valence-corrected chi connectivity index (χ4v) is 5.54. The van der Waals surface area contributed by atoms with Crippen molar-refractivity contribution in [1.29, 1.82) is 0 Å². The topological polar surface area (TPSA) is 53.0 Å². The molecule has 0 radical (unpaired) electrons. The average Bonchev–Trinajstić information content (AvgIpc) is 3.06. The Balaban J connectivity index is 1.48. The number of carbonyl (C=O) groups excluding carboxylic acids is 1. The summed E-state index contributed by atoms with van der Waals surface area (Å²) in [6.07, 6.45) is 4.96. The number of ether oxygens (including phenoxy) is 1. The fraction of sp³-hybridized carbons (Fsp3) is 0.567. The number of hydrogen-bond donors (Lipinski definition) is 1. The standard InChI is InChI=1S/C30H42N2O3/c1-21(2)17-32(18-24-15-25-8-5-6-13-35-29(25)28(33)16-24)30(34)26-9-7-12-31(19-26)20-27-14-22(3)10-11-23(27)4/h10-11,14-16,21,26,33H,5-9,12-13,17-20H2,1-4H3. The second-order valence-electron chi connectivity index (χ2n) is 11.0. The zero-order chi connectivity index (χ0) is 24.9. The molecule has 0 bridgehead atoms. The molecule has 1 saturated heterocycles. The molecule has 1 amide bonds.